The van der Waals surface area contributed by atoms with E-state index in [9.17, 15) is 9.90 Å². The van der Waals surface area contributed by atoms with Crippen LogP contribution in [-0.2, 0) is 9.53 Å². The highest BCUT2D eigenvalue weighted by atomic mass is 16.5. The van der Waals surface area contributed by atoms with Gasteiger partial charge < -0.3 is 14.7 Å². The molecule has 2 rings (SSSR count). The number of hydrogen-bond acceptors (Lipinski definition) is 4. The third-order valence-corrected chi connectivity index (χ3v) is 4.62. The molecule has 0 radical (unpaired) electrons. The minimum Gasteiger partial charge on any atom is -0.389 e. The molecule has 5 nitrogen and oxygen atoms in total. The van der Waals surface area contributed by atoms with Gasteiger partial charge in [-0.15, -0.1) is 0 Å². The molecule has 1 aliphatic carbocycles. The lowest BCUT2D eigenvalue weighted by Crippen LogP contribution is -2.52. The van der Waals surface area contributed by atoms with E-state index in [0.717, 1.165) is 39.0 Å². The molecular formula is C16H30N2O3. The van der Waals surface area contributed by atoms with Crippen LogP contribution in [-0.4, -0.2) is 72.9 Å². The molecule has 2 fully saturated rings. The van der Waals surface area contributed by atoms with Crippen LogP contribution in [0.25, 0.3) is 0 Å². The van der Waals surface area contributed by atoms with Gasteiger partial charge in [0.2, 0.25) is 5.91 Å². The molecule has 122 valence electrons. The van der Waals surface area contributed by atoms with Crippen molar-refractivity contribution in [2.24, 2.45) is 5.92 Å². The first-order chi connectivity index (χ1) is 10.2. The van der Waals surface area contributed by atoms with Gasteiger partial charge in [-0.05, 0) is 19.8 Å². The summed E-state index contributed by atoms with van der Waals surface area (Å²) in [5.74, 6) is 0.637. The number of amides is 1. The Bertz CT molecular complexity index is 311. The van der Waals surface area contributed by atoms with Crippen molar-refractivity contribution < 1.29 is 14.6 Å². The molecule has 1 amide bonds. The van der Waals surface area contributed by atoms with E-state index < -0.39 is 6.10 Å². The fourth-order valence-corrected chi connectivity index (χ4v) is 3.36. The molecule has 21 heavy (non-hydrogen) atoms. The summed E-state index contributed by atoms with van der Waals surface area (Å²) in [7, 11) is 0. The number of carbonyl (C=O) groups is 1. The molecule has 0 aromatic heterocycles. The summed E-state index contributed by atoms with van der Waals surface area (Å²) in [5.41, 5.74) is 0. The number of aliphatic hydroxyl groups excluding tert-OH is 1. The van der Waals surface area contributed by atoms with Gasteiger partial charge in [0.05, 0.1) is 12.7 Å². The van der Waals surface area contributed by atoms with Crippen molar-refractivity contribution in [1.29, 1.82) is 0 Å². The lowest BCUT2D eigenvalue weighted by Gasteiger charge is -2.37. The minimum absolute atomic E-state index is 0.272. The molecule has 0 aromatic rings. The number of carbonyl (C=O) groups excluding carboxylic acids is 1. The van der Waals surface area contributed by atoms with Crippen LogP contribution in [0.4, 0.5) is 0 Å². The maximum Gasteiger partial charge on any atom is 0.225 e. The Kier molecular flexibility index (Phi) is 6.93. The van der Waals surface area contributed by atoms with Crippen LogP contribution in [0.15, 0.2) is 0 Å². The van der Waals surface area contributed by atoms with E-state index in [1.54, 1.807) is 0 Å². The molecule has 1 saturated heterocycles. The second kappa shape index (κ2) is 8.71. The average molecular weight is 298 g/mol. The highest BCUT2D eigenvalue weighted by Gasteiger charge is 2.28. The Balaban J connectivity index is 1.68. The third kappa shape index (κ3) is 5.24. The number of aliphatic hydroxyl groups is 1. The van der Waals surface area contributed by atoms with Crippen molar-refractivity contribution in [2.45, 2.75) is 45.1 Å². The Morgan fingerprint density at radius 2 is 1.86 bits per heavy atom. The maximum atomic E-state index is 12.5. The van der Waals surface area contributed by atoms with Gasteiger partial charge in [0.15, 0.2) is 0 Å². The van der Waals surface area contributed by atoms with Crippen LogP contribution < -0.4 is 0 Å². The number of rotatable bonds is 6. The molecule has 1 heterocycles. The molecule has 1 saturated carbocycles. The monoisotopic (exact) mass is 298 g/mol. The second-order valence-electron chi connectivity index (χ2n) is 6.27. The predicted octanol–water partition coefficient (Wildman–Crippen LogP) is 1.11. The molecule has 1 atom stereocenters. The summed E-state index contributed by atoms with van der Waals surface area (Å²) in [6.45, 7) is 6.95. The van der Waals surface area contributed by atoms with Gasteiger partial charge in [0.1, 0.15) is 0 Å². The Morgan fingerprint density at radius 3 is 2.48 bits per heavy atom. The van der Waals surface area contributed by atoms with Gasteiger partial charge in [0.25, 0.3) is 0 Å². The maximum absolute atomic E-state index is 12.5. The van der Waals surface area contributed by atoms with Crippen molar-refractivity contribution in [3.05, 3.63) is 0 Å². The molecule has 0 aromatic carbocycles. The zero-order valence-electron chi connectivity index (χ0n) is 13.3. The van der Waals surface area contributed by atoms with Gasteiger partial charge in [-0.25, -0.2) is 0 Å². The third-order valence-electron chi connectivity index (χ3n) is 4.62. The van der Waals surface area contributed by atoms with Gasteiger partial charge in [-0.3, -0.25) is 9.69 Å². The first-order valence-corrected chi connectivity index (χ1v) is 8.47. The van der Waals surface area contributed by atoms with Gasteiger partial charge in [-0.1, -0.05) is 19.3 Å². The summed E-state index contributed by atoms with van der Waals surface area (Å²) in [4.78, 5) is 16.7. The zero-order valence-corrected chi connectivity index (χ0v) is 13.3. The fourth-order valence-electron chi connectivity index (χ4n) is 3.36. The van der Waals surface area contributed by atoms with E-state index in [1.807, 2.05) is 11.8 Å². The van der Waals surface area contributed by atoms with Crippen LogP contribution in [0.3, 0.4) is 0 Å². The summed E-state index contributed by atoms with van der Waals surface area (Å²) in [6.07, 6.45) is 5.43. The SMILES string of the molecule is CCOC[C@H](O)CN1CCN(C(=O)C2CCCCC2)CC1. The van der Waals surface area contributed by atoms with E-state index in [1.165, 1.54) is 19.3 Å². The quantitative estimate of drug-likeness (QED) is 0.798. The smallest absolute Gasteiger partial charge is 0.225 e. The molecule has 0 bridgehead atoms. The Labute approximate surface area is 128 Å². The molecule has 1 N–H and O–H groups in total. The summed E-state index contributed by atoms with van der Waals surface area (Å²) >= 11 is 0. The zero-order chi connectivity index (χ0) is 15.1. The number of β-amino-alcohol motifs (C(OH)–C–C–N with tert-alkyl or cyclic N) is 1. The fraction of sp³-hybridized carbons (Fsp3) is 0.938. The topological polar surface area (TPSA) is 53.0 Å². The van der Waals surface area contributed by atoms with Crippen molar-refractivity contribution >= 4 is 5.91 Å². The van der Waals surface area contributed by atoms with E-state index in [4.69, 9.17) is 4.74 Å². The average Bonchev–Trinajstić information content (AvgIpc) is 2.54. The number of nitrogens with zero attached hydrogens (tertiary/aromatic N) is 2. The lowest BCUT2D eigenvalue weighted by atomic mass is 9.88. The van der Waals surface area contributed by atoms with Crippen molar-refractivity contribution in [3.8, 4) is 0 Å². The first-order valence-electron chi connectivity index (χ1n) is 8.47. The predicted molar refractivity (Wildman–Crippen MR) is 82.1 cm³/mol. The van der Waals surface area contributed by atoms with E-state index in [-0.39, 0.29) is 5.92 Å². The highest BCUT2D eigenvalue weighted by Crippen LogP contribution is 2.25. The van der Waals surface area contributed by atoms with Crippen LogP contribution >= 0.6 is 0 Å². The van der Waals surface area contributed by atoms with Crippen molar-refractivity contribution in [2.75, 3.05) is 45.9 Å². The highest BCUT2D eigenvalue weighted by molar-refractivity contribution is 5.79. The van der Waals surface area contributed by atoms with E-state index in [0.29, 0.717) is 25.7 Å². The lowest BCUT2D eigenvalue weighted by molar-refractivity contribution is -0.138. The minimum atomic E-state index is -0.425. The summed E-state index contributed by atoms with van der Waals surface area (Å²) < 4.78 is 5.23. The normalized spacial score (nSPS) is 23.2. The molecule has 2 aliphatic rings. The second-order valence-corrected chi connectivity index (χ2v) is 6.27. The molecule has 1 aliphatic heterocycles. The van der Waals surface area contributed by atoms with Crippen molar-refractivity contribution in [1.82, 2.24) is 9.80 Å². The largest absolute Gasteiger partial charge is 0.389 e. The van der Waals surface area contributed by atoms with Crippen molar-refractivity contribution in [3.63, 3.8) is 0 Å². The van der Waals surface area contributed by atoms with E-state index >= 15 is 0 Å². The molecule has 0 spiro atoms. The van der Waals surface area contributed by atoms with Gasteiger partial charge >= 0.3 is 0 Å². The standard InChI is InChI=1S/C16H30N2O3/c1-2-21-13-15(19)12-17-8-10-18(11-9-17)16(20)14-6-4-3-5-7-14/h14-15,19H,2-13H2,1H3/t15-/m1/s1. The Morgan fingerprint density at radius 1 is 1.19 bits per heavy atom. The summed E-state index contributed by atoms with van der Waals surface area (Å²) in [5, 5.41) is 9.86. The van der Waals surface area contributed by atoms with Crippen LogP contribution in [0, 0.1) is 5.92 Å². The van der Waals surface area contributed by atoms with Crippen LogP contribution in [0.5, 0.6) is 0 Å². The summed E-state index contributed by atoms with van der Waals surface area (Å²) in [6, 6.07) is 0. The molecule has 5 heteroatoms. The van der Waals surface area contributed by atoms with Gasteiger partial charge in [-0.2, -0.15) is 0 Å². The van der Waals surface area contributed by atoms with E-state index in [2.05, 4.69) is 4.90 Å². The number of hydrogen-bond donors (Lipinski definition) is 1. The first kappa shape index (κ1) is 16.7. The van der Waals surface area contributed by atoms with Crippen LogP contribution in [0.1, 0.15) is 39.0 Å². The molecule has 0 unspecified atom stereocenters. The number of piperazine rings is 1. The van der Waals surface area contributed by atoms with Gasteiger partial charge in [0, 0.05) is 45.2 Å². The van der Waals surface area contributed by atoms with Crippen LogP contribution in [0.2, 0.25) is 0 Å². The molecular weight excluding hydrogens is 268 g/mol. The Hall–Kier alpha value is -0.650. The number of ether oxygens (including phenoxy) is 1.